The van der Waals surface area contributed by atoms with E-state index in [-0.39, 0.29) is 18.2 Å². The number of nitrogens with zero attached hydrogens (tertiary/aromatic N) is 3. The zero-order chi connectivity index (χ0) is 13.2. The second-order valence-electron chi connectivity index (χ2n) is 5.31. The van der Waals surface area contributed by atoms with E-state index in [0.717, 1.165) is 6.54 Å². The minimum Gasteiger partial charge on any atom is -0.328 e. The monoisotopic (exact) mass is 238 g/mol. The molecule has 1 aliphatic rings. The maximum Gasteiger partial charge on any atom is 0.158 e. The van der Waals surface area contributed by atoms with Crippen LogP contribution < -0.4 is 5.73 Å². The van der Waals surface area contributed by atoms with Gasteiger partial charge in [0.25, 0.3) is 0 Å². The number of carbonyl (C=O) groups is 1. The number of hydrogen-bond acceptors (Lipinski definition) is 5. The summed E-state index contributed by atoms with van der Waals surface area (Å²) in [4.78, 5) is 16.5. The van der Waals surface area contributed by atoms with Crippen molar-refractivity contribution in [3.8, 4) is 6.07 Å². The van der Waals surface area contributed by atoms with Gasteiger partial charge in [-0.15, -0.1) is 0 Å². The van der Waals surface area contributed by atoms with Crippen LogP contribution >= 0.6 is 0 Å². The molecule has 4 atom stereocenters. The molecule has 0 aromatic heterocycles. The molecular weight excluding hydrogens is 216 g/mol. The zero-order valence-electron chi connectivity index (χ0n) is 11.1. The Bertz CT molecular complexity index is 336. The average molecular weight is 238 g/mol. The predicted octanol–water partition coefficient (Wildman–Crippen LogP) is -0.117. The molecule has 96 valence electrons. The Hall–Kier alpha value is -0.960. The van der Waals surface area contributed by atoms with Gasteiger partial charge in [-0.05, 0) is 21.0 Å². The number of nitrogens with two attached hydrogens (primary N) is 1. The largest absolute Gasteiger partial charge is 0.328 e. The van der Waals surface area contributed by atoms with E-state index in [0.29, 0.717) is 12.7 Å². The highest BCUT2D eigenvalue weighted by Crippen LogP contribution is 2.25. The highest BCUT2D eigenvalue weighted by atomic mass is 16.1. The lowest BCUT2D eigenvalue weighted by Gasteiger charge is -2.22. The second-order valence-corrected chi connectivity index (χ2v) is 5.31. The van der Waals surface area contributed by atoms with Crippen molar-refractivity contribution >= 4 is 5.78 Å². The van der Waals surface area contributed by atoms with Crippen molar-refractivity contribution < 1.29 is 4.79 Å². The molecule has 1 fully saturated rings. The number of carbonyl (C=O) groups excluding carboxylic acids is 1. The van der Waals surface area contributed by atoms with Gasteiger partial charge in [-0.25, -0.2) is 0 Å². The van der Waals surface area contributed by atoms with Crippen LogP contribution in [-0.2, 0) is 4.79 Å². The van der Waals surface area contributed by atoms with Crippen molar-refractivity contribution in [2.45, 2.75) is 20.0 Å². The van der Waals surface area contributed by atoms with E-state index in [9.17, 15) is 4.79 Å². The normalized spacial score (nSPS) is 28.3. The smallest absolute Gasteiger partial charge is 0.158 e. The highest BCUT2D eigenvalue weighted by Gasteiger charge is 2.41. The molecule has 1 aliphatic heterocycles. The van der Waals surface area contributed by atoms with Gasteiger partial charge < -0.3 is 5.73 Å². The van der Waals surface area contributed by atoms with Crippen molar-refractivity contribution in [3.63, 3.8) is 0 Å². The zero-order valence-corrected chi connectivity index (χ0v) is 11.1. The van der Waals surface area contributed by atoms with E-state index in [1.165, 1.54) is 0 Å². The minimum atomic E-state index is -1.04. The van der Waals surface area contributed by atoms with Crippen LogP contribution in [0.1, 0.15) is 13.8 Å². The van der Waals surface area contributed by atoms with E-state index < -0.39 is 5.41 Å². The Morgan fingerprint density at radius 1 is 1.71 bits per heavy atom. The summed E-state index contributed by atoms with van der Waals surface area (Å²) in [7, 11) is 4.05. The maximum atomic E-state index is 12.1. The third kappa shape index (κ3) is 3.03. The molecule has 0 aromatic carbocycles. The van der Waals surface area contributed by atoms with Crippen LogP contribution in [0.2, 0.25) is 0 Å². The summed E-state index contributed by atoms with van der Waals surface area (Å²) in [6.07, 6.45) is 0.441. The molecule has 17 heavy (non-hydrogen) atoms. The number of rotatable bonds is 6. The minimum absolute atomic E-state index is 0.0492. The first kappa shape index (κ1) is 14.1. The summed E-state index contributed by atoms with van der Waals surface area (Å²) in [6.45, 7) is 5.29. The Morgan fingerprint density at radius 3 is 2.65 bits per heavy atom. The van der Waals surface area contributed by atoms with Gasteiger partial charge in [0.05, 0.1) is 12.2 Å². The van der Waals surface area contributed by atoms with Crippen LogP contribution in [0.3, 0.4) is 0 Å². The lowest BCUT2D eigenvalue weighted by molar-refractivity contribution is -0.128. The summed E-state index contributed by atoms with van der Waals surface area (Å²) in [5, 5.41) is 9.02. The van der Waals surface area contributed by atoms with Gasteiger partial charge in [0.15, 0.2) is 5.78 Å². The summed E-state index contributed by atoms with van der Waals surface area (Å²) in [5.74, 6) is -0.194. The first-order valence-corrected chi connectivity index (χ1v) is 5.92. The van der Waals surface area contributed by atoms with Gasteiger partial charge in [0, 0.05) is 25.6 Å². The van der Waals surface area contributed by atoms with Gasteiger partial charge in [-0.1, -0.05) is 6.92 Å². The number of ketones is 1. The fourth-order valence-electron chi connectivity index (χ4n) is 2.03. The number of likely N-dealkylation sites (N-methyl/N-ethyl adjacent to an activating group) is 1. The standard InChI is InChI=1S/C12H22N4O/c1-9(5-16-6-10(16)15(3)4)11(17)12(2,7-13)8-14/h9-10H,5-7,13H2,1-4H3. The van der Waals surface area contributed by atoms with Crippen LogP contribution in [0, 0.1) is 22.7 Å². The van der Waals surface area contributed by atoms with Gasteiger partial charge in [0.2, 0.25) is 0 Å². The molecule has 5 heteroatoms. The van der Waals surface area contributed by atoms with E-state index in [1.54, 1.807) is 6.92 Å². The van der Waals surface area contributed by atoms with Crippen LogP contribution in [-0.4, -0.2) is 55.5 Å². The average Bonchev–Trinajstić information content (AvgIpc) is 3.06. The van der Waals surface area contributed by atoms with E-state index in [2.05, 4.69) is 9.80 Å². The molecule has 0 bridgehead atoms. The Labute approximate surface area is 103 Å². The van der Waals surface area contributed by atoms with Crippen molar-refractivity contribution in [3.05, 3.63) is 0 Å². The summed E-state index contributed by atoms with van der Waals surface area (Å²) < 4.78 is 0. The maximum absolute atomic E-state index is 12.1. The van der Waals surface area contributed by atoms with Gasteiger partial charge >= 0.3 is 0 Å². The summed E-state index contributed by atoms with van der Waals surface area (Å²) in [5.41, 5.74) is 4.47. The highest BCUT2D eigenvalue weighted by molar-refractivity contribution is 5.89. The SMILES string of the molecule is CC(CN1CC1N(C)C)C(=O)C(C)(C#N)CN. The molecule has 4 unspecified atom stereocenters. The molecule has 1 saturated heterocycles. The molecule has 0 saturated carbocycles. The topological polar surface area (TPSA) is 73.1 Å². The Balaban J connectivity index is 2.52. The predicted molar refractivity (Wildman–Crippen MR) is 66.0 cm³/mol. The lowest BCUT2D eigenvalue weighted by atomic mass is 9.81. The first-order valence-electron chi connectivity index (χ1n) is 5.92. The van der Waals surface area contributed by atoms with Crippen LogP contribution in [0.5, 0.6) is 0 Å². The molecule has 0 radical (unpaired) electrons. The first-order chi connectivity index (χ1) is 7.85. The van der Waals surface area contributed by atoms with Crippen LogP contribution in [0.15, 0.2) is 0 Å². The van der Waals surface area contributed by atoms with E-state index in [4.69, 9.17) is 11.0 Å². The molecule has 0 aliphatic carbocycles. The molecule has 1 rings (SSSR count). The molecular formula is C12H22N4O. The third-order valence-corrected chi connectivity index (χ3v) is 3.44. The van der Waals surface area contributed by atoms with Gasteiger partial charge in [0.1, 0.15) is 5.41 Å². The summed E-state index contributed by atoms with van der Waals surface area (Å²) in [6, 6.07) is 2.03. The quantitative estimate of drug-likeness (QED) is 0.653. The number of Topliss-reactive ketones (excluding diaryl/α,β-unsaturated/α-hetero) is 1. The molecule has 0 amide bonds. The van der Waals surface area contributed by atoms with Gasteiger partial charge in [-0.2, -0.15) is 5.26 Å². The molecule has 1 heterocycles. The van der Waals surface area contributed by atoms with E-state index >= 15 is 0 Å². The Kier molecular flexibility index (Phi) is 4.26. The van der Waals surface area contributed by atoms with Crippen molar-refractivity contribution in [2.75, 3.05) is 33.7 Å². The lowest BCUT2D eigenvalue weighted by Crippen LogP contribution is -2.40. The summed E-state index contributed by atoms with van der Waals surface area (Å²) >= 11 is 0. The van der Waals surface area contributed by atoms with Gasteiger partial charge in [-0.3, -0.25) is 14.6 Å². The fourth-order valence-corrected chi connectivity index (χ4v) is 2.03. The molecule has 0 aromatic rings. The molecule has 5 nitrogen and oxygen atoms in total. The van der Waals surface area contributed by atoms with Crippen molar-refractivity contribution in [1.29, 1.82) is 5.26 Å². The number of nitriles is 1. The Morgan fingerprint density at radius 2 is 2.29 bits per heavy atom. The van der Waals surface area contributed by atoms with Crippen molar-refractivity contribution in [1.82, 2.24) is 9.80 Å². The van der Waals surface area contributed by atoms with Crippen LogP contribution in [0.4, 0.5) is 0 Å². The second kappa shape index (κ2) is 5.13. The third-order valence-electron chi connectivity index (χ3n) is 3.44. The van der Waals surface area contributed by atoms with Crippen molar-refractivity contribution in [2.24, 2.45) is 17.1 Å². The fraction of sp³-hybridized carbons (Fsp3) is 0.833. The number of hydrogen-bond donors (Lipinski definition) is 1. The van der Waals surface area contributed by atoms with Crippen LogP contribution in [0.25, 0.3) is 0 Å². The molecule has 0 spiro atoms. The molecule has 2 N–H and O–H groups in total. The van der Waals surface area contributed by atoms with E-state index in [1.807, 2.05) is 27.1 Å².